The van der Waals surface area contributed by atoms with Gasteiger partial charge in [-0.05, 0) is 36.6 Å². The molecular weight excluding hydrogens is 428 g/mol. The van der Waals surface area contributed by atoms with Crippen LogP contribution in [0.15, 0.2) is 65.0 Å². The predicted octanol–water partition coefficient (Wildman–Crippen LogP) is 4.80. The second-order valence-electron chi connectivity index (χ2n) is 7.31. The third-order valence-electron chi connectivity index (χ3n) is 5.31. The first-order valence-electron chi connectivity index (χ1n) is 10.0. The van der Waals surface area contributed by atoms with Crippen LogP contribution in [0.2, 0.25) is 0 Å². The molecule has 0 bridgehead atoms. The van der Waals surface area contributed by atoms with Gasteiger partial charge in [0.2, 0.25) is 5.91 Å². The SMILES string of the molecule is CCc1ccc(NC(=O)C(C)n2cnc3scc(-c4cccc([N+](=O)[O-])c4)c3c2=O)cc1. The summed E-state index contributed by atoms with van der Waals surface area (Å²) >= 11 is 1.28. The highest BCUT2D eigenvalue weighted by Crippen LogP contribution is 2.32. The molecule has 0 saturated carbocycles. The third kappa shape index (κ3) is 4.02. The molecule has 8 nitrogen and oxygen atoms in total. The Balaban J connectivity index is 1.69. The summed E-state index contributed by atoms with van der Waals surface area (Å²) in [6, 6.07) is 12.8. The maximum Gasteiger partial charge on any atom is 0.270 e. The van der Waals surface area contributed by atoms with Crippen LogP contribution in [-0.4, -0.2) is 20.4 Å². The van der Waals surface area contributed by atoms with E-state index in [1.54, 1.807) is 24.4 Å². The second-order valence-corrected chi connectivity index (χ2v) is 8.17. The molecular formula is C23H20N4O4S. The molecule has 2 aromatic heterocycles. The number of nitrogens with zero attached hydrogens (tertiary/aromatic N) is 3. The molecule has 1 unspecified atom stereocenters. The van der Waals surface area contributed by atoms with Crippen molar-refractivity contribution in [2.45, 2.75) is 26.3 Å². The molecule has 1 amide bonds. The Kier molecular flexibility index (Phi) is 5.83. The number of aromatic nitrogens is 2. The van der Waals surface area contributed by atoms with Gasteiger partial charge in [-0.15, -0.1) is 11.3 Å². The summed E-state index contributed by atoms with van der Waals surface area (Å²) in [5, 5.41) is 16.1. The van der Waals surface area contributed by atoms with Crippen LogP contribution in [0.5, 0.6) is 0 Å². The van der Waals surface area contributed by atoms with Crippen LogP contribution in [0.1, 0.15) is 25.5 Å². The number of rotatable bonds is 6. The Morgan fingerprint density at radius 3 is 2.69 bits per heavy atom. The number of carbonyl (C=O) groups is 1. The summed E-state index contributed by atoms with van der Waals surface area (Å²) in [6.45, 7) is 3.68. The van der Waals surface area contributed by atoms with Crippen molar-refractivity contribution < 1.29 is 9.72 Å². The summed E-state index contributed by atoms with van der Waals surface area (Å²) in [7, 11) is 0. The zero-order valence-electron chi connectivity index (χ0n) is 17.4. The smallest absolute Gasteiger partial charge is 0.270 e. The second kappa shape index (κ2) is 8.72. The van der Waals surface area contributed by atoms with E-state index in [9.17, 15) is 19.7 Å². The van der Waals surface area contributed by atoms with Crippen LogP contribution < -0.4 is 10.9 Å². The van der Waals surface area contributed by atoms with Gasteiger partial charge in [0, 0.05) is 28.8 Å². The molecule has 2 aromatic carbocycles. The fourth-order valence-electron chi connectivity index (χ4n) is 3.42. The minimum Gasteiger partial charge on any atom is -0.324 e. The Hall–Kier alpha value is -3.85. The van der Waals surface area contributed by atoms with Crippen LogP contribution in [0.25, 0.3) is 21.3 Å². The highest BCUT2D eigenvalue weighted by Gasteiger charge is 2.21. The highest BCUT2D eigenvalue weighted by atomic mass is 32.1. The van der Waals surface area contributed by atoms with Gasteiger partial charge in [0.25, 0.3) is 11.2 Å². The van der Waals surface area contributed by atoms with Crippen molar-refractivity contribution in [3.63, 3.8) is 0 Å². The van der Waals surface area contributed by atoms with Crippen molar-refractivity contribution in [2.75, 3.05) is 5.32 Å². The molecule has 2 heterocycles. The Bertz CT molecular complexity index is 1380. The summed E-state index contributed by atoms with van der Waals surface area (Å²) in [6.07, 6.45) is 2.27. The lowest BCUT2D eigenvalue weighted by atomic mass is 10.1. The number of nitro groups is 1. The molecule has 1 atom stereocenters. The molecule has 1 N–H and O–H groups in total. The van der Waals surface area contributed by atoms with Crippen LogP contribution in [0.3, 0.4) is 0 Å². The minimum atomic E-state index is -0.803. The van der Waals surface area contributed by atoms with E-state index < -0.39 is 11.0 Å². The maximum absolute atomic E-state index is 13.3. The molecule has 0 radical (unpaired) electrons. The number of hydrogen-bond acceptors (Lipinski definition) is 6. The highest BCUT2D eigenvalue weighted by molar-refractivity contribution is 7.17. The lowest BCUT2D eigenvalue weighted by molar-refractivity contribution is -0.384. The molecule has 32 heavy (non-hydrogen) atoms. The fourth-order valence-corrected chi connectivity index (χ4v) is 4.32. The summed E-state index contributed by atoms with van der Waals surface area (Å²) in [4.78, 5) is 41.6. The zero-order valence-corrected chi connectivity index (χ0v) is 18.3. The summed E-state index contributed by atoms with van der Waals surface area (Å²) in [5.41, 5.74) is 2.48. The molecule has 0 fully saturated rings. The predicted molar refractivity (Wildman–Crippen MR) is 125 cm³/mol. The number of nitrogens with one attached hydrogen (secondary N) is 1. The van der Waals surface area contributed by atoms with Crippen molar-refractivity contribution >= 4 is 38.8 Å². The number of anilines is 1. The van der Waals surface area contributed by atoms with E-state index in [1.165, 1.54) is 34.4 Å². The van der Waals surface area contributed by atoms with Crippen molar-refractivity contribution in [3.8, 4) is 11.1 Å². The first kappa shape index (κ1) is 21.4. The van der Waals surface area contributed by atoms with Crippen LogP contribution in [0.4, 0.5) is 11.4 Å². The molecule has 9 heteroatoms. The van der Waals surface area contributed by atoms with E-state index in [1.807, 2.05) is 24.3 Å². The molecule has 0 saturated heterocycles. The van der Waals surface area contributed by atoms with Crippen molar-refractivity contribution in [2.24, 2.45) is 0 Å². The van der Waals surface area contributed by atoms with E-state index >= 15 is 0 Å². The van der Waals surface area contributed by atoms with Crippen LogP contribution in [-0.2, 0) is 11.2 Å². The lowest BCUT2D eigenvalue weighted by Crippen LogP contribution is -2.31. The van der Waals surface area contributed by atoms with Gasteiger partial charge in [0.1, 0.15) is 10.9 Å². The van der Waals surface area contributed by atoms with Crippen molar-refractivity contribution in [1.29, 1.82) is 0 Å². The average molecular weight is 449 g/mol. The molecule has 4 rings (SSSR count). The van der Waals surface area contributed by atoms with E-state index in [4.69, 9.17) is 0 Å². The van der Waals surface area contributed by atoms with Gasteiger partial charge in [-0.3, -0.25) is 24.3 Å². The van der Waals surface area contributed by atoms with Gasteiger partial charge < -0.3 is 5.32 Å². The first-order valence-corrected chi connectivity index (χ1v) is 10.9. The van der Waals surface area contributed by atoms with E-state index in [-0.39, 0.29) is 17.2 Å². The average Bonchev–Trinajstić information content (AvgIpc) is 3.24. The normalized spacial score (nSPS) is 11.9. The van der Waals surface area contributed by atoms with Crippen molar-refractivity contribution in [1.82, 2.24) is 9.55 Å². The first-order chi connectivity index (χ1) is 15.4. The van der Waals surface area contributed by atoms with Crippen molar-refractivity contribution in [3.05, 3.63) is 86.3 Å². The number of amides is 1. The zero-order chi connectivity index (χ0) is 22.8. The Labute approximate surface area is 187 Å². The number of thiophene rings is 1. The quantitative estimate of drug-likeness (QED) is 0.337. The minimum absolute atomic E-state index is 0.0621. The van der Waals surface area contributed by atoms with E-state index in [2.05, 4.69) is 17.2 Å². The number of hydrogen-bond donors (Lipinski definition) is 1. The summed E-state index contributed by atoms with van der Waals surface area (Å²) < 4.78 is 1.28. The lowest BCUT2D eigenvalue weighted by Gasteiger charge is -2.15. The largest absolute Gasteiger partial charge is 0.324 e. The molecule has 0 aliphatic carbocycles. The number of non-ortho nitro benzene ring substituents is 1. The van der Waals surface area contributed by atoms with Gasteiger partial charge in [-0.2, -0.15) is 0 Å². The molecule has 4 aromatic rings. The molecule has 0 spiro atoms. The number of nitro benzene ring substituents is 1. The molecule has 162 valence electrons. The number of aryl methyl sites for hydroxylation is 1. The summed E-state index contributed by atoms with van der Waals surface area (Å²) in [5.74, 6) is -0.343. The number of fused-ring (bicyclic) bond motifs is 1. The van der Waals surface area contributed by atoms with E-state index in [0.29, 0.717) is 27.0 Å². The third-order valence-corrected chi connectivity index (χ3v) is 6.20. The standard InChI is InChI=1S/C23H20N4O4S/c1-3-15-7-9-17(10-8-15)25-21(28)14(2)26-13-24-22-20(23(26)29)19(12-32-22)16-5-4-6-18(11-16)27(30)31/h4-14H,3H2,1-2H3,(H,25,28). The van der Waals surface area contributed by atoms with Gasteiger partial charge in [0.05, 0.1) is 16.6 Å². The van der Waals surface area contributed by atoms with Crippen LogP contribution in [0, 0.1) is 10.1 Å². The van der Waals surface area contributed by atoms with Gasteiger partial charge in [-0.1, -0.05) is 31.2 Å². The fraction of sp³-hybridized carbons (Fsp3) is 0.174. The number of carbonyl (C=O) groups excluding carboxylic acids is 1. The Morgan fingerprint density at radius 2 is 2.00 bits per heavy atom. The molecule has 0 aliphatic heterocycles. The monoisotopic (exact) mass is 448 g/mol. The maximum atomic E-state index is 13.3. The van der Waals surface area contributed by atoms with E-state index in [0.717, 1.165) is 12.0 Å². The van der Waals surface area contributed by atoms with Gasteiger partial charge in [0.15, 0.2) is 0 Å². The topological polar surface area (TPSA) is 107 Å². The van der Waals surface area contributed by atoms with Gasteiger partial charge >= 0.3 is 0 Å². The Morgan fingerprint density at radius 1 is 1.25 bits per heavy atom. The van der Waals surface area contributed by atoms with Gasteiger partial charge in [-0.25, -0.2) is 4.98 Å². The van der Waals surface area contributed by atoms with Crippen LogP contribution >= 0.6 is 11.3 Å². The molecule has 0 aliphatic rings. The number of benzene rings is 2.